The largest absolute Gasteiger partial charge is 0.0848 e. The Morgan fingerprint density at radius 2 is 2.13 bits per heavy atom. The maximum atomic E-state index is 2.59. The predicted molar refractivity (Wildman–Crippen MR) is 66.9 cm³/mol. The average Bonchev–Trinajstić information content (AvgIpc) is 2.31. The van der Waals surface area contributed by atoms with Crippen LogP contribution in [-0.4, -0.2) is 0 Å². The molecular formula is C15H26. The minimum Gasteiger partial charge on any atom is -0.0848 e. The van der Waals surface area contributed by atoms with E-state index >= 15 is 0 Å². The Bertz CT molecular complexity index is 238. The Balaban J connectivity index is 2.21. The number of allylic oxidation sites excluding steroid dienone is 2. The van der Waals surface area contributed by atoms with Crippen LogP contribution in [-0.2, 0) is 0 Å². The Kier molecular flexibility index (Phi) is 3.53. The second kappa shape index (κ2) is 4.72. The van der Waals surface area contributed by atoms with Gasteiger partial charge in [-0.05, 0) is 56.3 Å². The number of rotatable bonds is 2. The first-order valence-corrected chi connectivity index (χ1v) is 6.99. The van der Waals surface area contributed by atoms with Gasteiger partial charge in [0.1, 0.15) is 0 Å². The fourth-order valence-electron chi connectivity index (χ4n) is 3.93. The molecule has 0 aliphatic heterocycles. The average molecular weight is 206 g/mol. The Labute approximate surface area is 95.1 Å². The molecule has 1 saturated carbocycles. The quantitative estimate of drug-likeness (QED) is 0.552. The summed E-state index contributed by atoms with van der Waals surface area (Å²) in [6, 6.07) is 0. The third-order valence-electron chi connectivity index (χ3n) is 5.01. The zero-order valence-corrected chi connectivity index (χ0v) is 10.5. The lowest BCUT2D eigenvalue weighted by molar-refractivity contribution is 0.138. The van der Waals surface area contributed by atoms with Gasteiger partial charge in [-0.25, -0.2) is 0 Å². The van der Waals surface area contributed by atoms with Crippen molar-refractivity contribution in [2.75, 3.05) is 0 Å². The van der Waals surface area contributed by atoms with Crippen molar-refractivity contribution in [2.24, 2.45) is 11.3 Å². The Morgan fingerprint density at radius 1 is 1.27 bits per heavy atom. The summed E-state index contributed by atoms with van der Waals surface area (Å²) in [5.41, 5.74) is 2.45. The highest BCUT2D eigenvalue weighted by Gasteiger charge is 2.39. The van der Waals surface area contributed by atoms with Crippen LogP contribution in [0.1, 0.15) is 71.6 Å². The molecule has 2 rings (SSSR count). The molecule has 0 nitrogen and oxygen atoms in total. The second-order valence-electron chi connectivity index (χ2n) is 5.63. The molecule has 2 aliphatic carbocycles. The lowest BCUT2D eigenvalue weighted by Crippen LogP contribution is -2.34. The molecule has 15 heavy (non-hydrogen) atoms. The molecule has 0 heterocycles. The third kappa shape index (κ3) is 2.00. The molecule has 0 heteroatoms. The molecule has 2 atom stereocenters. The van der Waals surface area contributed by atoms with Crippen LogP contribution >= 0.6 is 0 Å². The van der Waals surface area contributed by atoms with Crippen LogP contribution in [0.5, 0.6) is 0 Å². The van der Waals surface area contributed by atoms with Gasteiger partial charge in [0.25, 0.3) is 0 Å². The van der Waals surface area contributed by atoms with Crippen molar-refractivity contribution < 1.29 is 0 Å². The van der Waals surface area contributed by atoms with Crippen LogP contribution in [0.3, 0.4) is 0 Å². The topological polar surface area (TPSA) is 0 Å². The van der Waals surface area contributed by atoms with Crippen LogP contribution < -0.4 is 0 Å². The van der Waals surface area contributed by atoms with E-state index in [2.05, 4.69) is 19.9 Å². The molecule has 86 valence electrons. The van der Waals surface area contributed by atoms with Gasteiger partial charge in [-0.15, -0.1) is 0 Å². The fourth-order valence-corrected chi connectivity index (χ4v) is 3.93. The van der Waals surface area contributed by atoms with Gasteiger partial charge in [0.05, 0.1) is 0 Å². The van der Waals surface area contributed by atoms with Crippen LogP contribution in [0.15, 0.2) is 11.6 Å². The summed E-state index contributed by atoms with van der Waals surface area (Å²) < 4.78 is 0. The van der Waals surface area contributed by atoms with E-state index in [4.69, 9.17) is 0 Å². The maximum absolute atomic E-state index is 2.59. The van der Waals surface area contributed by atoms with Crippen LogP contribution in [0.4, 0.5) is 0 Å². The van der Waals surface area contributed by atoms with Gasteiger partial charge in [-0.1, -0.05) is 38.3 Å². The van der Waals surface area contributed by atoms with Gasteiger partial charge in [0.15, 0.2) is 0 Å². The van der Waals surface area contributed by atoms with Crippen LogP contribution in [0.25, 0.3) is 0 Å². The van der Waals surface area contributed by atoms with Gasteiger partial charge in [0.2, 0.25) is 0 Å². The third-order valence-corrected chi connectivity index (χ3v) is 5.01. The summed E-state index contributed by atoms with van der Waals surface area (Å²) in [6.45, 7) is 4.91. The van der Waals surface area contributed by atoms with Crippen LogP contribution in [0.2, 0.25) is 0 Å². The highest BCUT2D eigenvalue weighted by Crippen LogP contribution is 2.51. The van der Waals surface area contributed by atoms with Gasteiger partial charge in [-0.3, -0.25) is 0 Å². The summed E-state index contributed by atoms with van der Waals surface area (Å²) in [4.78, 5) is 0. The highest BCUT2D eigenvalue weighted by atomic mass is 14.4. The molecule has 0 N–H and O–H groups in total. The van der Waals surface area contributed by atoms with Gasteiger partial charge in [-0.2, -0.15) is 0 Å². The monoisotopic (exact) mass is 206 g/mol. The standard InChI is InChI=1S/C15H26/c1-3-15(12-8-7-9-13(15)2)14-10-5-4-6-11-14/h10,13H,3-9,11-12H2,1-2H3. The summed E-state index contributed by atoms with van der Waals surface area (Å²) in [7, 11) is 0. The fraction of sp³-hybridized carbons (Fsp3) is 0.867. The molecule has 0 spiro atoms. The molecule has 2 unspecified atom stereocenters. The van der Waals surface area contributed by atoms with Gasteiger partial charge >= 0.3 is 0 Å². The molecule has 1 fully saturated rings. The first-order chi connectivity index (χ1) is 7.29. The Hall–Kier alpha value is -0.260. The predicted octanol–water partition coefficient (Wildman–Crippen LogP) is 5.09. The molecule has 0 amide bonds. The molecule has 2 aliphatic rings. The lowest BCUT2D eigenvalue weighted by Gasteiger charge is -2.45. The SMILES string of the molecule is CCC1(C2=CCCCC2)CCCCC1C. The highest BCUT2D eigenvalue weighted by molar-refractivity contribution is 5.18. The molecule has 0 saturated heterocycles. The molecule has 0 aromatic carbocycles. The maximum Gasteiger partial charge on any atom is -0.00651 e. The van der Waals surface area contributed by atoms with Crippen LogP contribution in [0, 0.1) is 11.3 Å². The smallest absolute Gasteiger partial charge is 0.00651 e. The van der Waals surface area contributed by atoms with Crippen molar-refractivity contribution in [3.05, 3.63) is 11.6 Å². The minimum atomic E-state index is 0.610. The summed E-state index contributed by atoms with van der Waals surface area (Å²) in [5.74, 6) is 0.931. The van der Waals surface area contributed by atoms with E-state index in [9.17, 15) is 0 Å². The number of hydrogen-bond donors (Lipinski definition) is 0. The van der Waals surface area contributed by atoms with Crippen molar-refractivity contribution in [1.82, 2.24) is 0 Å². The van der Waals surface area contributed by atoms with Crippen molar-refractivity contribution in [1.29, 1.82) is 0 Å². The lowest BCUT2D eigenvalue weighted by atomic mass is 9.60. The normalized spacial score (nSPS) is 37.5. The van der Waals surface area contributed by atoms with E-state index in [1.54, 1.807) is 0 Å². The van der Waals surface area contributed by atoms with Crippen molar-refractivity contribution in [3.63, 3.8) is 0 Å². The van der Waals surface area contributed by atoms with Crippen molar-refractivity contribution in [3.8, 4) is 0 Å². The molecule has 0 bridgehead atoms. The van der Waals surface area contributed by atoms with Crippen molar-refractivity contribution in [2.45, 2.75) is 71.6 Å². The summed E-state index contributed by atoms with van der Waals surface area (Å²) in [5, 5.41) is 0. The molecular weight excluding hydrogens is 180 g/mol. The first kappa shape index (κ1) is 11.2. The molecule has 0 aromatic heterocycles. The summed E-state index contributed by atoms with van der Waals surface area (Å²) in [6.07, 6.45) is 15.5. The molecule has 0 aromatic rings. The minimum absolute atomic E-state index is 0.610. The summed E-state index contributed by atoms with van der Waals surface area (Å²) >= 11 is 0. The second-order valence-corrected chi connectivity index (χ2v) is 5.63. The van der Waals surface area contributed by atoms with Gasteiger partial charge < -0.3 is 0 Å². The van der Waals surface area contributed by atoms with E-state index in [0.29, 0.717) is 5.41 Å². The Morgan fingerprint density at radius 3 is 2.73 bits per heavy atom. The van der Waals surface area contributed by atoms with E-state index in [-0.39, 0.29) is 0 Å². The number of hydrogen-bond acceptors (Lipinski definition) is 0. The van der Waals surface area contributed by atoms with E-state index in [0.717, 1.165) is 5.92 Å². The van der Waals surface area contributed by atoms with Crippen molar-refractivity contribution >= 4 is 0 Å². The van der Waals surface area contributed by atoms with E-state index in [1.807, 2.05) is 5.57 Å². The molecule has 0 radical (unpaired) electrons. The first-order valence-electron chi connectivity index (χ1n) is 6.99. The van der Waals surface area contributed by atoms with E-state index in [1.165, 1.54) is 57.8 Å². The zero-order chi connectivity index (χ0) is 10.7. The van der Waals surface area contributed by atoms with E-state index < -0.39 is 0 Å². The zero-order valence-electron chi connectivity index (χ0n) is 10.5. The van der Waals surface area contributed by atoms with Gasteiger partial charge in [0, 0.05) is 0 Å².